The summed E-state index contributed by atoms with van der Waals surface area (Å²) in [6.45, 7) is 6.10. The van der Waals surface area contributed by atoms with Crippen molar-refractivity contribution in [3.8, 4) is 0 Å². The van der Waals surface area contributed by atoms with Gasteiger partial charge in [0.15, 0.2) is 0 Å². The maximum absolute atomic E-state index is 11.9. The molecule has 0 spiro atoms. The number of aliphatic carboxylic acids is 1. The summed E-state index contributed by atoms with van der Waals surface area (Å²) in [6.07, 6.45) is -0.826. The van der Waals surface area contributed by atoms with E-state index in [1.165, 1.54) is 4.90 Å². The zero-order valence-corrected chi connectivity index (χ0v) is 10.2. The van der Waals surface area contributed by atoms with Gasteiger partial charge in [0.25, 0.3) is 0 Å². The van der Waals surface area contributed by atoms with Crippen LogP contribution in [0.5, 0.6) is 0 Å². The Morgan fingerprint density at radius 3 is 2.59 bits per heavy atom. The first-order valence-electron chi connectivity index (χ1n) is 5.65. The van der Waals surface area contributed by atoms with Gasteiger partial charge in [0.1, 0.15) is 11.5 Å². The average molecular weight is 243 g/mol. The number of carbonyl (C=O) groups excluding carboxylic acids is 1. The standard InChI is InChI=1S/C11H17NO5/c1-11(2,3)17-10(15)12-4-5-16-8-6(7(8)12)9(13)14/h6-8H,4-5H2,1-3H3,(H,13,14)/t6-,7+,8-/m1/s1. The molecule has 0 aromatic carbocycles. The van der Waals surface area contributed by atoms with E-state index in [-0.39, 0.29) is 12.1 Å². The van der Waals surface area contributed by atoms with Crippen molar-refractivity contribution >= 4 is 12.1 Å². The second kappa shape index (κ2) is 3.87. The molecule has 6 heteroatoms. The number of amides is 1. The van der Waals surface area contributed by atoms with Gasteiger partial charge in [-0.15, -0.1) is 0 Å². The summed E-state index contributed by atoms with van der Waals surface area (Å²) in [7, 11) is 0. The Kier molecular flexibility index (Phi) is 2.77. The summed E-state index contributed by atoms with van der Waals surface area (Å²) < 4.78 is 10.5. The summed E-state index contributed by atoms with van der Waals surface area (Å²) in [4.78, 5) is 24.3. The lowest BCUT2D eigenvalue weighted by Crippen LogP contribution is -2.44. The van der Waals surface area contributed by atoms with Crippen molar-refractivity contribution in [2.24, 2.45) is 5.92 Å². The van der Waals surface area contributed by atoms with E-state index in [0.29, 0.717) is 13.2 Å². The fourth-order valence-corrected chi connectivity index (χ4v) is 2.10. The van der Waals surface area contributed by atoms with E-state index in [2.05, 4.69) is 0 Å². The Morgan fingerprint density at radius 2 is 2.06 bits per heavy atom. The molecule has 1 aliphatic carbocycles. The van der Waals surface area contributed by atoms with E-state index in [0.717, 1.165) is 0 Å². The first-order chi connectivity index (χ1) is 7.81. The van der Waals surface area contributed by atoms with Crippen LogP contribution in [0.3, 0.4) is 0 Å². The second-order valence-electron chi connectivity index (χ2n) is 5.36. The number of rotatable bonds is 1. The minimum absolute atomic E-state index is 0.365. The lowest BCUT2D eigenvalue weighted by molar-refractivity contribution is -0.139. The minimum Gasteiger partial charge on any atom is -0.481 e. The Bertz CT molecular complexity index is 348. The molecule has 0 unspecified atom stereocenters. The number of hydrogen-bond acceptors (Lipinski definition) is 4. The molecule has 1 amide bonds. The molecule has 0 radical (unpaired) electrons. The molecule has 1 N–H and O–H groups in total. The molecule has 96 valence electrons. The van der Waals surface area contributed by atoms with Crippen LogP contribution in [0.4, 0.5) is 4.79 Å². The van der Waals surface area contributed by atoms with Gasteiger partial charge in [0.05, 0.1) is 18.8 Å². The topological polar surface area (TPSA) is 76.1 Å². The number of nitrogens with zero attached hydrogens (tertiary/aromatic N) is 1. The molecule has 2 rings (SSSR count). The lowest BCUT2D eigenvalue weighted by atomic mass is 10.2. The number of ether oxygens (including phenoxy) is 2. The van der Waals surface area contributed by atoms with Crippen LogP contribution in [0.1, 0.15) is 20.8 Å². The number of carboxylic acid groups (broad SMARTS) is 1. The molecule has 2 fully saturated rings. The number of carbonyl (C=O) groups is 2. The van der Waals surface area contributed by atoms with Crippen molar-refractivity contribution in [1.82, 2.24) is 4.90 Å². The summed E-state index contributed by atoms with van der Waals surface area (Å²) >= 11 is 0. The van der Waals surface area contributed by atoms with Gasteiger partial charge in [0, 0.05) is 6.54 Å². The van der Waals surface area contributed by atoms with E-state index in [1.807, 2.05) is 0 Å². The maximum Gasteiger partial charge on any atom is 0.410 e. The van der Waals surface area contributed by atoms with Crippen LogP contribution in [0.2, 0.25) is 0 Å². The molecule has 1 saturated heterocycles. The largest absolute Gasteiger partial charge is 0.481 e. The summed E-state index contributed by atoms with van der Waals surface area (Å²) in [5, 5.41) is 8.96. The number of fused-ring (bicyclic) bond motifs is 1. The molecule has 17 heavy (non-hydrogen) atoms. The van der Waals surface area contributed by atoms with Crippen LogP contribution in [0.25, 0.3) is 0 Å². The van der Waals surface area contributed by atoms with Gasteiger partial charge in [-0.05, 0) is 20.8 Å². The molecule has 1 saturated carbocycles. The average Bonchev–Trinajstić information content (AvgIpc) is 2.87. The Balaban J connectivity index is 2.02. The maximum atomic E-state index is 11.9. The van der Waals surface area contributed by atoms with Gasteiger partial charge >= 0.3 is 12.1 Å². The first-order valence-corrected chi connectivity index (χ1v) is 5.65. The van der Waals surface area contributed by atoms with Gasteiger partial charge in [-0.2, -0.15) is 0 Å². The van der Waals surface area contributed by atoms with Gasteiger partial charge in [-0.25, -0.2) is 4.79 Å². The predicted octanol–water partition coefficient (Wildman–Crippen LogP) is 0.705. The van der Waals surface area contributed by atoms with Crippen LogP contribution in [-0.2, 0) is 14.3 Å². The molecular formula is C11H17NO5. The molecule has 6 nitrogen and oxygen atoms in total. The van der Waals surface area contributed by atoms with E-state index in [1.54, 1.807) is 20.8 Å². The van der Waals surface area contributed by atoms with E-state index in [4.69, 9.17) is 14.6 Å². The van der Waals surface area contributed by atoms with E-state index < -0.39 is 23.6 Å². The molecule has 1 aliphatic heterocycles. The molecular weight excluding hydrogens is 226 g/mol. The van der Waals surface area contributed by atoms with Crippen molar-refractivity contribution in [2.45, 2.75) is 38.5 Å². The van der Waals surface area contributed by atoms with E-state index in [9.17, 15) is 9.59 Å². The summed E-state index contributed by atoms with van der Waals surface area (Å²) in [5.74, 6) is -1.53. The van der Waals surface area contributed by atoms with Crippen LogP contribution in [-0.4, -0.2) is 53.0 Å². The van der Waals surface area contributed by atoms with Gasteiger partial charge in [-0.3, -0.25) is 9.69 Å². The third kappa shape index (κ3) is 2.36. The highest BCUT2D eigenvalue weighted by Crippen LogP contribution is 2.42. The third-order valence-electron chi connectivity index (χ3n) is 2.83. The molecule has 2 aliphatic rings. The SMILES string of the molecule is CC(C)(C)OC(=O)N1CCO[C@@H]2[C@H](C(=O)O)[C@@H]21. The number of morpholine rings is 1. The predicted molar refractivity (Wildman–Crippen MR) is 57.6 cm³/mol. The molecule has 0 bridgehead atoms. The monoisotopic (exact) mass is 243 g/mol. The number of hydrogen-bond donors (Lipinski definition) is 1. The van der Waals surface area contributed by atoms with Gasteiger partial charge in [-0.1, -0.05) is 0 Å². The van der Waals surface area contributed by atoms with Gasteiger partial charge in [0.2, 0.25) is 0 Å². The fraction of sp³-hybridized carbons (Fsp3) is 0.818. The molecule has 3 atom stereocenters. The minimum atomic E-state index is -0.921. The lowest BCUT2D eigenvalue weighted by Gasteiger charge is -2.29. The Morgan fingerprint density at radius 1 is 1.41 bits per heavy atom. The zero-order valence-electron chi connectivity index (χ0n) is 10.2. The molecule has 0 aromatic heterocycles. The van der Waals surface area contributed by atoms with Crippen molar-refractivity contribution in [3.63, 3.8) is 0 Å². The van der Waals surface area contributed by atoms with Crippen LogP contribution < -0.4 is 0 Å². The Labute approximate surface area is 99.5 Å². The normalized spacial score (nSPS) is 31.7. The van der Waals surface area contributed by atoms with Crippen molar-refractivity contribution in [3.05, 3.63) is 0 Å². The second-order valence-corrected chi connectivity index (χ2v) is 5.36. The highest BCUT2D eigenvalue weighted by molar-refractivity contribution is 5.79. The highest BCUT2D eigenvalue weighted by Gasteiger charge is 2.63. The van der Waals surface area contributed by atoms with Crippen molar-refractivity contribution < 1.29 is 24.2 Å². The van der Waals surface area contributed by atoms with Gasteiger partial charge < -0.3 is 14.6 Å². The smallest absolute Gasteiger partial charge is 0.410 e. The van der Waals surface area contributed by atoms with Crippen molar-refractivity contribution in [1.29, 1.82) is 0 Å². The number of carboxylic acids is 1. The Hall–Kier alpha value is -1.30. The van der Waals surface area contributed by atoms with E-state index >= 15 is 0 Å². The quantitative estimate of drug-likeness (QED) is 0.733. The van der Waals surface area contributed by atoms with Crippen LogP contribution in [0, 0.1) is 5.92 Å². The highest BCUT2D eigenvalue weighted by atomic mass is 16.6. The van der Waals surface area contributed by atoms with Crippen LogP contribution in [0.15, 0.2) is 0 Å². The molecule has 0 aromatic rings. The summed E-state index contributed by atoms with van der Waals surface area (Å²) in [6, 6.07) is -0.365. The first kappa shape index (κ1) is 12.2. The van der Waals surface area contributed by atoms with Crippen LogP contribution >= 0.6 is 0 Å². The third-order valence-corrected chi connectivity index (χ3v) is 2.83. The zero-order chi connectivity index (χ0) is 12.8. The van der Waals surface area contributed by atoms with Crippen molar-refractivity contribution in [2.75, 3.05) is 13.2 Å². The summed E-state index contributed by atoms with van der Waals surface area (Å²) in [5.41, 5.74) is -0.571. The molecule has 1 heterocycles. The fourth-order valence-electron chi connectivity index (χ4n) is 2.10.